The summed E-state index contributed by atoms with van der Waals surface area (Å²) in [5.41, 5.74) is 2.88. The Balaban J connectivity index is 2.46. The van der Waals surface area contributed by atoms with Crippen LogP contribution < -0.4 is 16.0 Å². The average molecular weight is 242 g/mol. The number of ether oxygens (including phenoxy) is 1. The summed E-state index contributed by atoms with van der Waals surface area (Å²) >= 11 is 1.70. The summed E-state index contributed by atoms with van der Waals surface area (Å²) in [4.78, 5) is 1.25. The van der Waals surface area contributed by atoms with Crippen molar-refractivity contribution in [3.05, 3.63) is 16.3 Å². The van der Waals surface area contributed by atoms with Crippen molar-refractivity contribution in [2.24, 2.45) is 11.8 Å². The molecular weight excluding hydrogens is 220 g/mol. The fourth-order valence-corrected chi connectivity index (χ4v) is 2.61. The van der Waals surface area contributed by atoms with Gasteiger partial charge in [0.1, 0.15) is 5.75 Å². The summed E-state index contributed by atoms with van der Waals surface area (Å²) in [6.45, 7) is 4.50. The first-order valence-electron chi connectivity index (χ1n) is 5.76. The predicted octanol–water partition coefficient (Wildman–Crippen LogP) is 3.09. The first-order chi connectivity index (χ1) is 7.67. The van der Waals surface area contributed by atoms with Crippen LogP contribution in [0.15, 0.2) is 11.4 Å². The van der Waals surface area contributed by atoms with Gasteiger partial charge in [-0.3, -0.25) is 11.3 Å². The molecule has 0 saturated carbocycles. The van der Waals surface area contributed by atoms with Crippen LogP contribution in [0.5, 0.6) is 5.75 Å². The smallest absolute Gasteiger partial charge is 0.129 e. The third-order valence-corrected chi connectivity index (χ3v) is 3.67. The zero-order valence-electron chi connectivity index (χ0n) is 10.3. The van der Waals surface area contributed by atoms with E-state index in [0.29, 0.717) is 0 Å². The molecule has 1 aromatic heterocycles. The summed E-state index contributed by atoms with van der Waals surface area (Å²) in [5, 5.41) is 2.02. The summed E-state index contributed by atoms with van der Waals surface area (Å²) in [7, 11) is 1.69. The number of nitrogens with two attached hydrogens (primary N) is 1. The third kappa shape index (κ3) is 4.12. The van der Waals surface area contributed by atoms with E-state index in [9.17, 15) is 0 Å². The minimum atomic E-state index is 0.257. The first-order valence-corrected chi connectivity index (χ1v) is 6.64. The van der Waals surface area contributed by atoms with Crippen LogP contribution >= 0.6 is 11.3 Å². The molecular formula is C12H22N2OS. The standard InChI is InChI=1S/C12H22N2OS/c1-9(2)5-4-6-11(14-13)12-7-10(15-3)8-16-12/h7-9,11,14H,4-6,13H2,1-3H3. The topological polar surface area (TPSA) is 47.3 Å². The van der Waals surface area contributed by atoms with Crippen molar-refractivity contribution in [1.82, 2.24) is 5.43 Å². The van der Waals surface area contributed by atoms with Crippen molar-refractivity contribution in [3.8, 4) is 5.75 Å². The lowest BCUT2D eigenvalue weighted by molar-refractivity contribution is 0.414. The second-order valence-corrected chi connectivity index (χ2v) is 5.38. The van der Waals surface area contributed by atoms with Gasteiger partial charge in [-0.1, -0.05) is 26.7 Å². The molecule has 1 unspecified atom stereocenters. The Morgan fingerprint density at radius 3 is 2.69 bits per heavy atom. The molecule has 0 aliphatic carbocycles. The molecule has 16 heavy (non-hydrogen) atoms. The number of thiophene rings is 1. The molecule has 0 aromatic carbocycles. The van der Waals surface area contributed by atoms with E-state index in [4.69, 9.17) is 10.6 Å². The molecule has 0 bridgehead atoms. The zero-order chi connectivity index (χ0) is 12.0. The molecule has 3 nitrogen and oxygen atoms in total. The highest BCUT2D eigenvalue weighted by atomic mass is 32.1. The molecule has 0 radical (unpaired) electrons. The van der Waals surface area contributed by atoms with Crippen LogP contribution in [0, 0.1) is 5.92 Å². The van der Waals surface area contributed by atoms with Crippen molar-refractivity contribution in [2.45, 2.75) is 39.2 Å². The Labute approximate surface area is 102 Å². The fourth-order valence-electron chi connectivity index (χ4n) is 1.66. The van der Waals surface area contributed by atoms with Gasteiger partial charge in [-0.15, -0.1) is 11.3 Å². The lowest BCUT2D eigenvalue weighted by Gasteiger charge is -2.14. The highest BCUT2D eigenvalue weighted by molar-refractivity contribution is 7.10. The summed E-state index contributed by atoms with van der Waals surface area (Å²) < 4.78 is 5.17. The Morgan fingerprint density at radius 1 is 1.44 bits per heavy atom. The van der Waals surface area contributed by atoms with E-state index in [2.05, 4.69) is 25.3 Å². The predicted molar refractivity (Wildman–Crippen MR) is 69.6 cm³/mol. The van der Waals surface area contributed by atoms with Crippen LogP contribution in [0.3, 0.4) is 0 Å². The maximum atomic E-state index is 5.59. The molecule has 92 valence electrons. The molecule has 0 spiro atoms. The highest BCUT2D eigenvalue weighted by Gasteiger charge is 2.12. The normalized spacial score (nSPS) is 13.1. The molecule has 4 heteroatoms. The van der Waals surface area contributed by atoms with Crippen LogP contribution in [-0.2, 0) is 0 Å². The van der Waals surface area contributed by atoms with Crippen molar-refractivity contribution in [2.75, 3.05) is 7.11 Å². The molecule has 3 N–H and O–H groups in total. The van der Waals surface area contributed by atoms with E-state index in [1.54, 1.807) is 18.4 Å². The van der Waals surface area contributed by atoms with E-state index in [1.165, 1.54) is 17.7 Å². The number of hydrogen-bond donors (Lipinski definition) is 2. The molecule has 1 aromatic rings. The Morgan fingerprint density at radius 2 is 2.19 bits per heavy atom. The van der Waals surface area contributed by atoms with Gasteiger partial charge in [-0.05, 0) is 18.4 Å². The SMILES string of the molecule is COc1csc(C(CCCC(C)C)NN)c1. The van der Waals surface area contributed by atoms with Crippen LogP contribution in [0.25, 0.3) is 0 Å². The van der Waals surface area contributed by atoms with Gasteiger partial charge in [0.25, 0.3) is 0 Å². The van der Waals surface area contributed by atoms with E-state index in [0.717, 1.165) is 18.1 Å². The molecule has 1 rings (SSSR count). The van der Waals surface area contributed by atoms with E-state index in [1.807, 2.05) is 5.38 Å². The molecule has 0 amide bonds. The molecule has 0 saturated heterocycles. The maximum absolute atomic E-state index is 5.59. The third-order valence-electron chi connectivity index (χ3n) is 2.65. The van der Waals surface area contributed by atoms with E-state index >= 15 is 0 Å². The summed E-state index contributed by atoms with van der Waals surface area (Å²) in [5.74, 6) is 7.27. The number of hydrogen-bond acceptors (Lipinski definition) is 4. The number of methoxy groups -OCH3 is 1. The van der Waals surface area contributed by atoms with Gasteiger partial charge in [0.05, 0.1) is 13.2 Å². The summed E-state index contributed by atoms with van der Waals surface area (Å²) in [6, 6.07) is 2.32. The largest absolute Gasteiger partial charge is 0.496 e. The highest BCUT2D eigenvalue weighted by Crippen LogP contribution is 2.29. The van der Waals surface area contributed by atoms with Crippen LogP contribution in [-0.4, -0.2) is 7.11 Å². The minimum absolute atomic E-state index is 0.257. The van der Waals surface area contributed by atoms with Crippen molar-refractivity contribution >= 4 is 11.3 Å². The number of nitrogens with one attached hydrogen (secondary N) is 1. The van der Waals surface area contributed by atoms with Crippen LogP contribution in [0.4, 0.5) is 0 Å². The molecule has 1 heterocycles. The van der Waals surface area contributed by atoms with E-state index < -0.39 is 0 Å². The van der Waals surface area contributed by atoms with Gasteiger partial charge in [0.15, 0.2) is 0 Å². The lowest BCUT2D eigenvalue weighted by atomic mass is 10.0. The zero-order valence-corrected chi connectivity index (χ0v) is 11.1. The molecule has 0 fully saturated rings. The van der Waals surface area contributed by atoms with Gasteiger partial charge in [0, 0.05) is 10.3 Å². The van der Waals surface area contributed by atoms with Crippen LogP contribution in [0.2, 0.25) is 0 Å². The van der Waals surface area contributed by atoms with E-state index in [-0.39, 0.29) is 6.04 Å². The number of hydrazine groups is 1. The first kappa shape index (κ1) is 13.5. The maximum Gasteiger partial charge on any atom is 0.129 e. The molecule has 0 aliphatic heterocycles. The lowest BCUT2D eigenvalue weighted by Crippen LogP contribution is -2.27. The van der Waals surface area contributed by atoms with Gasteiger partial charge in [-0.25, -0.2) is 0 Å². The average Bonchev–Trinajstić information content (AvgIpc) is 2.72. The van der Waals surface area contributed by atoms with Gasteiger partial charge < -0.3 is 4.74 Å². The number of rotatable bonds is 7. The minimum Gasteiger partial charge on any atom is -0.496 e. The quantitative estimate of drug-likeness (QED) is 0.570. The summed E-state index contributed by atoms with van der Waals surface area (Å²) in [6.07, 6.45) is 3.53. The van der Waals surface area contributed by atoms with Crippen molar-refractivity contribution in [1.29, 1.82) is 0 Å². The van der Waals surface area contributed by atoms with Crippen LogP contribution in [0.1, 0.15) is 44.0 Å². The Bertz CT molecular complexity index is 299. The fraction of sp³-hybridized carbons (Fsp3) is 0.667. The Hall–Kier alpha value is -0.580. The monoisotopic (exact) mass is 242 g/mol. The van der Waals surface area contributed by atoms with Gasteiger partial charge >= 0.3 is 0 Å². The van der Waals surface area contributed by atoms with Gasteiger partial charge in [0.2, 0.25) is 0 Å². The molecule has 0 aliphatic rings. The van der Waals surface area contributed by atoms with Gasteiger partial charge in [-0.2, -0.15) is 0 Å². The Kier molecular flexibility index (Phi) is 5.80. The molecule has 1 atom stereocenters. The van der Waals surface area contributed by atoms with Crippen molar-refractivity contribution < 1.29 is 4.74 Å². The second kappa shape index (κ2) is 6.89. The second-order valence-electron chi connectivity index (χ2n) is 4.43. The van der Waals surface area contributed by atoms with Crippen molar-refractivity contribution in [3.63, 3.8) is 0 Å².